The van der Waals surface area contributed by atoms with Gasteiger partial charge in [0.1, 0.15) is 0 Å². The monoisotopic (exact) mass is 447 g/mol. The molecule has 9 heteroatoms. The lowest BCUT2D eigenvalue weighted by Crippen LogP contribution is -2.50. The van der Waals surface area contributed by atoms with E-state index in [4.69, 9.17) is 0 Å². The molecule has 3 amide bonds. The van der Waals surface area contributed by atoms with Gasteiger partial charge in [0, 0.05) is 56.7 Å². The van der Waals surface area contributed by atoms with Gasteiger partial charge in [-0.1, -0.05) is 15.9 Å². The largest absolute Gasteiger partial charge is 0.351 e. The van der Waals surface area contributed by atoms with Crippen LogP contribution in [0.4, 0.5) is 0 Å². The molecule has 0 saturated carbocycles. The zero-order valence-corrected chi connectivity index (χ0v) is 17.2. The first kappa shape index (κ1) is 20.1. The molecule has 1 N–H and O–H groups in total. The summed E-state index contributed by atoms with van der Waals surface area (Å²) in [7, 11) is 0. The van der Waals surface area contributed by atoms with Crippen LogP contribution in [0.5, 0.6) is 0 Å². The van der Waals surface area contributed by atoms with Crippen molar-refractivity contribution < 1.29 is 14.4 Å². The van der Waals surface area contributed by atoms with Crippen LogP contribution in [0.3, 0.4) is 0 Å². The van der Waals surface area contributed by atoms with Crippen molar-refractivity contribution >= 4 is 33.7 Å². The summed E-state index contributed by atoms with van der Waals surface area (Å²) >= 11 is 3.38. The minimum Gasteiger partial charge on any atom is -0.351 e. The Balaban J connectivity index is 1.45. The first-order valence-corrected chi connectivity index (χ1v) is 9.85. The van der Waals surface area contributed by atoms with Gasteiger partial charge < -0.3 is 15.1 Å². The highest BCUT2D eigenvalue weighted by Gasteiger charge is 2.22. The highest BCUT2D eigenvalue weighted by atomic mass is 79.9. The molecule has 0 spiro atoms. The zero-order valence-electron chi connectivity index (χ0n) is 15.6. The number of carbonyl (C=O) groups excluding carboxylic acids is 3. The number of carbonyl (C=O) groups is 3. The van der Waals surface area contributed by atoms with Gasteiger partial charge in [-0.3, -0.25) is 14.4 Å². The summed E-state index contributed by atoms with van der Waals surface area (Å²) in [6.45, 7) is 3.98. The second-order valence-corrected chi connectivity index (χ2v) is 7.46. The number of benzene rings is 1. The minimum absolute atomic E-state index is 0.0194. The topological polar surface area (TPSA) is 87.5 Å². The Bertz CT molecular complexity index is 857. The molecule has 2 aromatic rings. The predicted molar refractivity (Wildman–Crippen MR) is 107 cm³/mol. The second-order valence-electron chi connectivity index (χ2n) is 6.54. The van der Waals surface area contributed by atoms with Crippen molar-refractivity contribution in [3.63, 3.8) is 0 Å². The van der Waals surface area contributed by atoms with Crippen LogP contribution in [0.2, 0.25) is 0 Å². The number of piperazine rings is 1. The molecule has 0 radical (unpaired) electrons. The lowest BCUT2D eigenvalue weighted by molar-refractivity contribution is -0.138. The molecule has 2 heterocycles. The van der Waals surface area contributed by atoms with Crippen LogP contribution in [0.15, 0.2) is 41.1 Å². The molecule has 1 aliphatic heterocycles. The molecule has 0 aliphatic carbocycles. The Labute approximate surface area is 171 Å². The standard InChI is InChI=1S/C19H22BrN5O3/c1-14(26)23-8-10-24(11-9-23)18(27)6-7-21-19(28)15-12-22-25(13-15)17-4-2-16(20)3-5-17/h2-5,12-13H,6-11H2,1H3,(H,21,28). The molecule has 28 heavy (non-hydrogen) atoms. The highest BCUT2D eigenvalue weighted by molar-refractivity contribution is 9.10. The van der Waals surface area contributed by atoms with E-state index in [0.29, 0.717) is 31.7 Å². The predicted octanol–water partition coefficient (Wildman–Crippen LogP) is 1.45. The van der Waals surface area contributed by atoms with Crippen molar-refractivity contribution in [1.29, 1.82) is 0 Å². The van der Waals surface area contributed by atoms with E-state index < -0.39 is 0 Å². The Hall–Kier alpha value is -2.68. The molecule has 148 valence electrons. The molecule has 8 nitrogen and oxygen atoms in total. The molecular formula is C19H22BrN5O3. The van der Waals surface area contributed by atoms with Crippen LogP contribution in [0.1, 0.15) is 23.7 Å². The SMILES string of the molecule is CC(=O)N1CCN(C(=O)CCNC(=O)c2cnn(-c3ccc(Br)cc3)c2)CC1. The van der Waals surface area contributed by atoms with Gasteiger partial charge in [-0.2, -0.15) is 5.10 Å². The molecule has 1 saturated heterocycles. The van der Waals surface area contributed by atoms with E-state index in [-0.39, 0.29) is 30.7 Å². The van der Waals surface area contributed by atoms with Crippen LogP contribution in [-0.2, 0) is 9.59 Å². The third-order valence-corrected chi connectivity index (χ3v) is 5.17. The molecule has 0 atom stereocenters. The number of nitrogens with zero attached hydrogens (tertiary/aromatic N) is 4. The minimum atomic E-state index is -0.266. The van der Waals surface area contributed by atoms with E-state index in [2.05, 4.69) is 26.3 Å². The van der Waals surface area contributed by atoms with Crippen LogP contribution in [0, 0.1) is 0 Å². The van der Waals surface area contributed by atoms with Gasteiger partial charge in [0.25, 0.3) is 5.91 Å². The normalized spacial score (nSPS) is 14.1. The highest BCUT2D eigenvalue weighted by Crippen LogP contribution is 2.14. The average Bonchev–Trinajstić information content (AvgIpc) is 3.18. The lowest BCUT2D eigenvalue weighted by Gasteiger charge is -2.34. The first-order valence-electron chi connectivity index (χ1n) is 9.06. The third-order valence-electron chi connectivity index (χ3n) is 4.64. The summed E-state index contributed by atoms with van der Waals surface area (Å²) in [6, 6.07) is 7.59. The van der Waals surface area contributed by atoms with Crippen molar-refractivity contribution in [3.8, 4) is 5.69 Å². The molecule has 1 aromatic heterocycles. The molecule has 1 aromatic carbocycles. The van der Waals surface area contributed by atoms with Gasteiger partial charge in [0.15, 0.2) is 0 Å². The number of hydrogen-bond acceptors (Lipinski definition) is 4. The van der Waals surface area contributed by atoms with Crippen LogP contribution < -0.4 is 5.32 Å². The number of hydrogen-bond donors (Lipinski definition) is 1. The number of amides is 3. The quantitative estimate of drug-likeness (QED) is 0.750. The number of nitrogens with one attached hydrogen (secondary N) is 1. The molecule has 0 unspecified atom stereocenters. The van der Waals surface area contributed by atoms with Crippen molar-refractivity contribution in [3.05, 3.63) is 46.7 Å². The van der Waals surface area contributed by atoms with E-state index in [1.165, 1.54) is 13.1 Å². The molecular weight excluding hydrogens is 426 g/mol. The maximum atomic E-state index is 12.3. The van der Waals surface area contributed by atoms with Gasteiger partial charge in [-0.15, -0.1) is 0 Å². The third kappa shape index (κ3) is 4.98. The van der Waals surface area contributed by atoms with Crippen molar-refractivity contribution in [1.82, 2.24) is 24.9 Å². The van der Waals surface area contributed by atoms with E-state index in [9.17, 15) is 14.4 Å². The fourth-order valence-electron chi connectivity index (χ4n) is 2.99. The lowest BCUT2D eigenvalue weighted by atomic mass is 10.2. The summed E-state index contributed by atoms with van der Waals surface area (Å²) in [4.78, 5) is 39.3. The Morgan fingerprint density at radius 2 is 1.71 bits per heavy atom. The summed E-state index contributed by atoms with van der Waals surface area (Å²) in [5.41, 5.74) is 1.28. The zero-order chi connectivity index (χ0) is 20.1. The summed E-state index contributed by atoms with van der Waals surface area (Å²) in [6.07, 6.45) is 3.38. The van der Waals surface area contributed by atoms with E-state index in [1.54, 1.807) is 20.7 Å². The van der Waals surface area contributed by atoms with Crippen LogP contribution in [0.25, 0.3) is 5.69 Å². The van der Waals surface area contributed by atoms with E-state index in [0.717, 1.165) is 10.2 Å². The summed E-state index contributed by atoms with van der Waals surface area (Å²) < 4.78 is 2.59. The van der Waals surface area contributed by atoms with Crippen molar-refractivity contribution in [2.45, 2.75) is 13.3 Å². The maximum Gasteiger partial charge on any atom is 0.254 e. The van der Waals surface area contributed by atoms with Gasteiger partial charge in [-0.05, 0) is 24.3 Å². The fraction of sp³-hybridized carbons (Fsp3) is 0.368. The Morgan fingerprint density at radius 3 is 2.36 bits per heavy atom. The second kappa shape index (κ2) is 9.01. The smallest absolute Gasteiger partial charge is 0.254 e. The maximum absolute atomic E-state index is 12.3. The average molecular weight is 448 g/mol. The molecule has 3 rings (SSSR count). The first-order chi connectivity index (χ1) is 13.4. The van der Waals surface area contributed by atoms with Crippen LogP contribution in [-0.4, -0.2) is 70.0 Å². The van der Waals surface area contributed by atoms with Crippen molar-refractivity contribution in [2.24, 2.45) is 0 Å². The van der Waals surface area contributed by atoms with Crippen LogP contribution >= 0.6 is 15.9 Å². The molecule has 1 fully saturated rings. The Morgan fingerprint density at radius 1 is 1.07 bits per heavy atom. The van der Waals surface area contributed by atoms with Gasteiger partial charge in [-0.25, -0.2) is 4.68 Å². The van der Waals surface area contributed by atoms with Gasteiger partial charge >= 0.3 is 0 Å². The molecule has 0 bridgehead atoms. The molecule has 1 aliphatic rings. The summed E-state index contributed by atoms with van der Waals surface area (Å²) in [5, 5.41) is 6.97. The summed E-state index contributed by atoms with van der Waals surface area (Å²) in [5.74, 6) is -0.255. The van der Waals surface area contributed by atoms with E-state index in [1.807, 2.05) is 24.3 Å². The number of aromatic nitrogens is 2. The van der Waals surface area contributed by atoms with Crippen molar-refractivity contribution in [2.75, 3.05) is 32.7 Å². The van der Waals surface area contributed by atoms with Gasteiger partial charge in [0.05, 0.1) is 17.4 Å². The van der Waals surface area contributed by atoms with E-state index >= 15 is 0 Å². The van der Waals surface area contributed by atoms with Gasteiger partial charge in [0.2, 0.25) is 11.8 Å². The Kier molecular flexibility index (Phi) is 6.45. The number of halogens is 1. The number of rotatable bonds is 5. The fourth-order valence-corrected chi connectivity index (χ4v) is 3.25.